The lowest BCUT2D eigenvalue weighted by molar-refractivity contribution is 0.0518. The van der Waals surface area contributed by atoms with Crippen molar-refractivity contribution in [2.75, 3.05) is 6.61 Å². The number of aryl methyl sites for hydroxylation is 1. The van der Waals surface area contributed by atoms with Crippen molar-refractivity contribution in [1.82, 2.24) is 4.98 Å². The van der Waals surface area contributed by atoms with Gasteiger partial charge in [-0.15, -0.1) is 0 Å². The van der Waals surface area contributed by atoms with Gasteiger partial charge in [-0.25, -0.2) is 9.78 Å². The average molecular weight is 292 g/mol. The molecule has 0 radical (unpaired) electrons. The van der Waals surface area contributed by atoms with Gasteiger partial charge in [-0.2, -0.15) is 0 Å². The summed E-state index contributed by atoms with van der Waals surface area (Å²) < 4.78 is 10.3. The lowest BCUT2D eigenvalue weighted by Crippen LogP contribution is -2.06. The number of halogens is 1. The van der Waals surface area contributed by atoms with Gasteiger partial charge in [-0.05, 0) is 37.6 Å². The Kier molecular flexibility index (Phi) is 4.58. The Morgan fingerprint density at radius 1 is 1.35 bits per heavy atom. The number of hydrogen-bond donors (Lipinski definition) is 0. The van der Waals surface area contributed by atoms with Gasteiger partial charge in [0.2, 0.25) is 5.89 Å². The van der Waals surface area contributed by atoms with Crippen molar-refractivity contribution in [2.45, 2.75) is 13.8 Å². The maximum atomic E-state index is 11.6. The van der Waals surface area contributed by atoms with Crippen LogP contribution in [0.4, 0.5) is 0 Å². The highest BCUT2D eigenvalue weighted by molar-refractivity contribution is 6.30. The number of hydrogen-bond acceptors (Lipinski definition) is 4. The molecule has 1 aromatic carbocycles. The van der Waals surface area contributed by atoms with Crippen molar-refractivity contribution in [3.63, 3.8) is 0 Å². The van der Waals surface area contributed by atoms with E-state index in [0.717, 1.165) is 5.56 Å². The molecule has 0 bridgehead atoms. The second kappa shape index (κ2) is 6.39. The average Bonchev–Trinajstić information content (AvgIpc) is 2.80. The van der Waals surface area contributed by atoms with Crippen molar-refractivity contribution in [3.8, 4) is 0 Å². The minimum atomic E-state index is -0.472. The second-order valence-corrected chi connectivity index (χ2v) is 4.50. The second-order valence-electron chi connectivity index (χ2n) is 4.06. The molecule has 0 aliphatic heterocycles. The van der Waals surface area contributed by atoms with Crippen LogP contribution in [0.5, 0.6) is 0 Å². The Balaban J connectivity index is 2.16. The van der Waals surface area contributed by atoms with Crippen LogP contribution in [0, 0.1) is 6.92 Å². The normalized spacial score (nSPS) is 10.9. The first kappa shape index (κ1) is 14.3. The van der Waals surface area contributed by atoms with Crippen LogP contribution in [0.3, 0.4) is 0 Å². The Bertz CT molecular complexity index is 629. The van der Waals surface area contributed by atoms with Gasteiger partial charge in [0, 0.05) is 11.1 Å². The SMILES string of the molecule is CCOC(=O)c1nc(/C=C/c2ccc(Cl)cc2)oc1C. The summed E-state index contributed by atoms with van der Waals surface area (Å²) in [5.74, 6) is 0.333. The summed E-state index contributed by atoms with van der Waals surface area (Å²) in [6, 6.07) is 7.35. The van der Waals surface area contributed by atoms with E-state index in [2.05, 4.69) is 4.98 Å². The smallest absolute Gasteiger partial charge is 0.360 e. The van der Waals surface area contributed by atoms with Crippen molar-refractivity contribution in [3.05, 3.63) is 52.2 Å². The zero-order valence-electron chi connectivity index (χ0n) is 11.2. The van der Waals surface area contributed by atoms with E-state index in [9.17, 15) is 4.79 Å². The largest absolute Gasteiger partial charge is 0.461 e. The number of carbonyl (C=O) groups is 1. The summed E-state index contributed by atoms with van der Waals surface area (Å²) in [4.78, 5) is 15.7. The first-order chi connectivity index (χ1) is 9.60. The molecule has 0 amide bonds. The fourth-order valence-electron chi connectivity index (χ4n) is 1.62. The van der Waals surface area contributed by atoms with Crippen LogP contribution < -0.4 is 0 Å². The molecule has 104 valence electrons. The highest BCUT2D eigenvalue weighted by Gasteiger charge is 2.16. The highest BCUT2D eigenvalue weighted by atomic mass is 35.5. The molecule has 2 aromatic rings. The van der Waals surface area contributed by atoms with E-state index in [4.69, 9.17) is 20.8 Å². The number of nitrogens with zero attached hydrogens (tertiary/aromatic N) is 1. The predicted molar refractivity (Wildman–Crippen MR) is 77.6 cm³/mol. The van der Waals surface area contributed by atoms with E-state index in [0.29, 0.717) is 23.3 Å². The number of carbonyl (C=O) groups excluding carboxylic acids is 1. The molecule has 4 nitrogen and oxygen atoms in total. The van der Waals surface area contributed by atoms with E-state index >= 15 is 0 Å². The van der Waals surface area contributed by atoms with Crippen LogP contribution in [-0.2, 0) is 4.74 Å². The molecule has 0 atom stereocenters. The maximum absolute atomic E-state index is 11.6. The van der Waals surface area contributed by atoms with Crippen molar-refractivity contribution < 1.29 is 13.9 Å². The first-order valence-corrected chi connectivity index (χ1v) is 6.56. The van der Waals surface area contributed by atoms with Gasteiger partial charge in [0.1, 0.15) is 5.76 Å². The van der Waals surface area contributed by atoms with Crippen LogP contribution in [0.15, 0.2) is 28.7 Å². The number of ether oxygens (including phenoxy) is 1. The topological polar surface area (TPSA) is 52.3 Å². The summed E-state index contributed by atoms with van der Waals surface area (Å²) in [6.07, 6.45) is 3.52. The minimum absolute atomic E-state index is 0.211. The lowest BCUT2D eigenvalue weighted by Gasteiger charge is -1.96. The van der Waals surface area contributed by atoms with Gasteiger partial charge in [-0.1, -0.05) is 23.7 Å². The summed E-state index contributed by atoms with van der Waals surface area (Å²) in [5.41, 5.74) is 1.17. The highest BCUT2D eigenvalue weighted by Crippen LogP contribution is 2.15. The summed E-state index contributed by atoms with van der Waals surface area (Å²) in [6.45, 7) is 3.73. The quantitative estimate of drug-likeness (QED) is 0.799. The molecule has 1 aromatic heterocycles. The zero-order chi connectivity index (χ0) is 14.5. The van der Waals surface area contributed by atoms with E-state index in [1.165, 1.54) is 0 Å². The third kappa shape index (κ3) is 3.48. The van der Waals surface area contributed by atoms with Crippen LogP contribution in [0.1, 0.15) is 34.6 Å². The number of aromatic nitrogens is 1. The molecule has 0 saturated heterocycles. The number of esters is 1. The molecule has 0 fully saturated rings. The summed E-state index contributed by atoms with van der Waals surface area (Å²) in [5, 5.41) is 0.679. The molecular formula is C15H14ClNO3. The first-order valence-electron chi connectivity index (χ1n) is 6.18. The molecule has 0 saturated carbocycles. The van der Waals surface area contributed by atoms with Gasteiger partial charge >= 0.3 is 5.97 Å². The van der Waals surface area contributed by atoms with Crippen LogP contribution in [-0.4, -0.2) is 17.6 Å². The molecule has 0 N–H and O–H groups in total. The fraction of sp³-hybridized carbons (Fsp3) is 0.200. The molecule has 0 spiro atoms. The molecule has 2 rings (SSSR count). The van der Waals surface area contributed by atoms with E-state index in [1.807, 2.05) is 18.2 Å². The zero-order valence-corrected chi connectivity index (χ0v) is 12.0. The van der Waals surface area contributed by atoms with Crippen LogP contribution in [0.25, 0.3) is 12.2 Å². The van der Waals surface area contributed by atoms with Gasteiger partial charge in [0.15, 0.2) is 5.69 Å². The molecule has 0 unspecified atom stereocenters. The number of rotatable bonds is 4. The fourth-order valence-corrected chi connectivity index (χ4v) is 1.74. The van der Waals surface area contributed by atoms with Gasteiger partial charge < -0.3 is 9.15 Å². The third-order valence-electron chi connectivity index (χ3n) is 2.57. The molecule has 1 heterocycles. The monoisotopic (exact) mass is 291 g/mol. The van der Waals surface area contributed by atoms with Gasteiger partial charge in [0.25, 0.3) is 0 Å². The lowest BCUT2D eigenvalue weighted by atomic mass is 10.2. The summed E-state index contributed by atoms with van der Waals surface area (Å²) >= 11 is 5.81. The van der Waals surface area contributed by atoms with Crippen molar-refractivity contribution in [2.24, 2.45) is 0 Å². The Morgan fingerprint density at radius 3 is 2.70 bits per heavy atom. The molecular weight excluding hydrogens is 278 g/mol. The number of benzene rings is 1. The van der Waals surface area contributed by atoms with Crippen LogP contribution in [0.2, 0.25) is 5.02 Å². The van der Waals surface area contributed by atoms with Gasteiger partial charge in [0.05, 0.1) is 6.61 Å². The van der Waals surface area contributed by atoms with Crippen LogP contribution >= 0.6 is 11.6 Å². The molecule has 5 heteroatoms. The van der Waals surface area contributed by atoms with Crippen molar-refractivity contribution >= 4 is 29.7 Å². The Hall–Kier alpha value is -2.07. The number of oxazole rings is 1. The third-order valence-corrected chi connectivity index (χ3v) is 2.82. The van der Waals surface area contributed by atoms with Gasteiger partial charge in [-0.3, -0.25) is 0 Å². The maximum Gasteiger partial charge on any atom is 0.360 e. The molecule has 20 heavy (non-hydrogen) atoms. The summed E-state index contributed by atoms with van der Waals surface area (Å²) in [7, 11) is 0. The van der Waals surface area contributed by atoms with E-state index in [-0.39, 0.29) is 5.69 Å². The van der Waals surface area contributed by atoms with E-state index in [1.54, 1.807) is 32.1 Å². The Labute approximate surface area is 122 Å². The predicted octanol–water partition coefficient (Wildman–Crippen LogP) is 3.98. The Morgan fingerprint density at radius 2 is 2.05 bits per heavy atom. The van der Waals surface area contributed by atoms with E-state index < -0.39 is 5.97 Å². The van der Waals surface area contributed by atoms with Crippen molar-refractivity contribution in [1.29, 1.82) is 0 Å². The molecule has 0 aliphatic rings. The minimum Gasteiger partial charge on any atom is -0.461 e. The molecule has 0 aliphatic carbocycles. The standard InChI is InChI=1S/C15H14ClNO3/c1-3-19-15(18)14-10(2)20-13(17-14)9-6-11-4-7-12(16)8-5-11/h4-9H,3H2,1-2H3/b9-6+.